The van der Waals surface area contributed by atoms with E-state index in [4.69, 9.17) is 16.9 Å². The smallest absolute Gasteiger partial charge is 0.0640 e. The van der Waals surface area contributed by atoms with E-state index in [0.717, 1.165) is 17.3 Å². The normalized spacial score (nSPS) is 9.31. The van der Waals surface area contributed by atoms with Crippen LogP contribution in [0.25, 0.3) is 0 Å². The van der Waals surface area contributed by atoms with Crippen LogP contribution < -0.4 is 4.90 Å². The van der Waals surface area contributed by atoms with Gasteiger partial charge in [-0.1, -0.05) is 17.7 Å². The molecule has 0 saturated heterocycles. The Balaban J connectivity index is 2.66. The van der Waals surface area contributed by atoms with Crippen molar-refractivity contribution in [1.29, 1.82) is 5.26 Å². The molecule has 0 radical (unpaired) electrons. The van der Waals surface area contributed by atoms with E-state index in [1.54, 1.807) is 0 Å². The number of nitrogens with zero attached hydrogens (tertiary/aromatic N) is 2. The number of hydrogen-bond donors (Lipinski definition) is 0. The first kappa shape index (κ1) is 9.88. The maximum absolute atomic E-state index is 8.41. The molecule has 0 spiro atoms. The zero-order valence-electron chi connectivity index (χ0n) is 7.50. The summed E-state index contributed by atoms with van der Waals surface area (Å²) in [5.41, 5.74) is 1.04. The molecular weight excluding hydrogens is 184 g/mol. The van der Waals surface area contributed by atoms with Gasteiger partial charge in [0, 0.05) is 24.3 Å². The maximum atomic E-state index is 8.41. The lowest BCUT2D eigenvalue weighted by Gasteiger charge is -2.17. The van der Waals surface area contributed by atoms with Gasteiger partial charge in [0.2, 0.25) is 0 Å². The molecule has 0 aliphatic rings. The van der Waals surface area contributed by atoms with Crippen molar-refractivity contribution < 1.29 is 0 Å². The lowest BCUT2D eigenvalue weighted by atomic mass is 10.3. The SMILES string of the molecule is CN(CCC#N)c1cccc(Cl)c1. The highest BCUT2D eigenvalue weighted by molar-refractivity contribution is 6.30. The fourth-order valence-corrected chi connectivity index (χ4v) is 1.24. The number of halogens is 1. The maximum Gasteiger partial charge on any atom is 0.0640 e. The van der Waals surface area contributed by atoms with Gasteiger partial charge >= 0.3 is 0 Å². The summed E-state index contributed by atoms with van der Waals surface area (Å²) in [6.45, 7) is 0.733. The summed E-state index contributed by atoms with van der Waals surface area (Å²) in [6, 6.07) is 9.71. The molecule has 0 aromatic heterocycles. The Morgan fingerprint density at radius 3 is 2.92 bits per heavy atom. The second-order valence-corrected chi connectivity index (χ2v) is 3.25. The van der Waals surface area contributed by atoms with Crippen LogP contribution in [-0.2, 0) is 0 Å². The van der Waals surface area contributed by atoms with Gasteiger partial charge in [-0.2, -0.15) is 5.26 Å². The zero-order valence-corrected chi connectivity index (χ0v) is 8.25. The van der Waals surface area contributed by atoms with Crippen molar-refractivity contribution >= 4 is 17.3 Å². The van der Waals surface area contributed by atoms with E-state index in [0.29, 0.717) is 6.42 Å². The molecule has 68 valence electrons. The number of nitriles is 1. The van der Waals surface area contributed by atoms with Crippen LogP contribution in [-0.4, -0.2) is 13.6 Å². The van der Waals surface area contributed by atoms with Crippen molar-refractivity contribution in [2.45, 2.75) is 6.42 Å². The summed E-state index contributed by atoms with van der Waals surface area (Å²) in [5, 5.41) is 9.14. The topological polar surface area (TPSA) is 27.0 Å². The van der Waals surface area contributed by atoms with E-state index in [1.807, 2.05) is 36.2 Å². The molecule has 1 aromatic carbocycles. The van der Waals surface area contributed by atoms with Crippen molar-refractivity contribution in [2.24, 2.45) is 0 Å². The van der Waals surface area contributed by atoms with Crippen LogP contribution in [0.15, 0.2) is 24.3 Å². The molecule has 0 N–H and O–H groups in total. The number of hydrogen-bond acceptors (Lipinski definition) is 2. The monoisotopic (exact) mass is 194 g/mol. The molecule has 0 saturated carbocycles. The highest BCUT2D eigenvalue weighted by atomic mass is 35.5. The van der Waals surface area contributed by atoms with Crippen LogP contribution in [0.3, 0.4) is 0 Å². The van der Waals surface area contributed by atoms with Crippen LogP contribution in [0.1, 0.15) is 6.42 Å². The lowest BCUT2D eigenvalue weighted by molar-refractivity contribution is 0.905. The number of benzene rings is 1. The van der Waals surface area contributed by atoms with E-state index >= 15 is 0 Å². The minimum atomic E-state index is 0.531. The fraction of sp³-hybridized carbons (Fsp3) is 0.300. The van der Waals surface area contributed by atoms with E-state index in [-0.39, 0.29) is 0 Å². The Morgan fingerprint density at radius 2 is 2.31 bits per heavy atom. The Hall–Kier alpha value is -1.20. The molecule has 0 aliphatic heterocycles. The predicted molar refractivity (Wildman–Crippen MR) is 55.0 cm³/mol. The summed E-state index contributed by atoms with van der Waals surface area (Å²) < 4.78 is 0. The van der Waals surface area contributed by atoms with Crippen molar-refractivity contribution in [3.63, 3.8) is 0 Å². The molecule has 1 aromatic rings. The zero-order chi connectivity index (χ0) is 9.68. The van der Waals surface area contributed by atoms with Gasteiger partial charge in [0.15, 0.2) is 0 Å². The first-order valence-electron chi connectivity index (χ1n) is 4.07. The molecule has 0 atom stereocenters. The summed E-state index contributed by atoms with van der Waals surface area (Å²) in [6.07, 6.45) is 0.531. The summed E-state index contributed by atoms with van der Waals surface area (Å²) in [4.78, 5) is 2.01. The van der Waals surface area contributed by atoms with E-state index in [9.17, 15) is 0 Å². The van der Waals surface area contributed by atoms with Crippen molar-refractivity contribution in [1.82, 2.24) is 0 Å². The van der Waals surface area contributed by atoms with Crippen LogP contribution in [0.4, 0.5) is 5.69 Å². The van der Waals surface area contributed by atoms with Crippen LogP contribution in [0.5, 0.6) is 0 Å². The van der Waals surface area contributed by atoms with Crippen LogP contribution in [0, 0.1) is 11.3 Å². The molecular formula is C10H11ClN2. The van der Waals surface area contributed by atoms with Gasteiger partial charge < -0.3 is 4.90 Å². The largest absolute Gasteiger partial charge is 0.374 e. The van der Waals surface area contributed by atoms with Gasteiger partial charge in [0.05, 0.1) is 12.5 Å². The predicted octanol–water partition coefficient (Wildman–Crippen LogP) is 2.69. The third-order valence-electron chi connectivity index (χ3n) is 1.81. The quantitative estimate of drug-likeness (QED) is 0.740. The molecule has 0 amide bonds. The van der Waals surface area contributed by atoms with Gasteiger partial charge in [0.1, 0.15) is 0 Å². The van der Waals surface area contributed by atoms with E-state index in [1.165, 1.54) is 0 Å². The molecule has 3 heteroatoms. The van der Waals surface area contributed by atoms with E-state index in [2.05, 4.69) is 6.07 Å². The molecule has 0 heterocycles. The molecule has 0 fully saturated rings. The first-order valence-corrected chi connectivity index (χ1v) is 4.45. The molecule has 0 bridgehead atoms. The minimum absolute atomic E-state index is 0.531. The second kappa shape index (κ2) is 4.74. The Morgan fingerprint density at radius 1 is 1.54 bits per heavy atom. The van der Waals surface area contributed by atoms with Crippen molar-refractivity contribution in [3.05, 3.63) is 29.3 Å². The molecule has 0 unspecified atom stereocenters. The van der Waals surface area contributed by atoms with Crippen molar-refractivity contribution in [3.8, 4) is 6.07 Å². The van der Waals surface area contributed by atoms with Gasteiger partial charge in [0.25, 0.3) is 0 Å². The van der Waals surface area contributed by atoms with Crippen LogP contribution >= 0.6 is 11.6 Å². The van der Waals surface area contributed by atoms with Gasteiger partial charge in [-0.25, -0.2) is 0 Å². The summed E-state index contributed by atoms with van der Waals surface area (Å²) in [7, 11) is 1.95. The standard InChI is InChI=1S/C10H11ClN2/c1-13(7-3-6-12)10-5-2-4-9(11)8-10/h2,4-5,8H,3,7H2,1H3. The average molecular weight is 195 g/mol. The van der Waals surface area contributed by atoms with Gasteiger partial charge in [-0.15, -0.1) is 0 Å². The van der Waals surface area contributed by atoms with Gasteiger partial charge in [-0.05, 0) is 18.2 Å². The van der Waals surface area contributed by atoms with Crippen LogP contribution in [0.2, 0.25) is 5.02 Å². The Labute approximate surface area is 83.3 Å². The summed E-state index contributed by atoms with van der Waals surface area (Å²) in [5.74, 6) is 0. The summed E-state index contributed by atoms with van der Waals surface area (Å²) >= 11 is 5.83. The average Bonchev–Trinajstić information content (AvgIpc) is 2.14. The fourth-order valence-electron chi connectivity index (χ4n) is 1.06. The number of rotatable bonds is 3. The molecule has 2 nitrogen and oxygen atoms in total. The third kappa shape index (κ3) is 2.96. The molecule has 0 aliphatic carbocycles. The molecule has 1 rings (SSSR count). The lowest BCUT2D eigenvalue weighted by Crippen LogP contribution is -2.17. The van der Waals surface area contributed by atoms with E-state index < -0.39 is 0 Å². The van der Waals surface area contributed by atoms with Gasteiger partial charge in [-0.3, -0.25) is 0 Å². The Bertz CT molecular complexity index is 317. The minimum Gasteiger partial charge on any atom is -0.374 e. The van der Waals surface area contributed by atoms with Crippen molar-refractivity contribution in [2.75, 3.05) is 18.5 Å². The third-order valence-corrected chi connectivity index (χ3v) is 2.04. The Kier molecular flexibility index (Phi) is 3.60. The molecule has 13 heavy (non-hydrogen) atoms. The highest BCUT2D eigenvalue weighted by Crippen LogP contribution is 2.17. The highest BCUT2D eigenvalue weighted by Gasteiger charge is 1.99. The first-order chi connectivity index (χ1) is 6.24. The second-order valence-electron chi connectivity index (χ2n) is 2.81. The number of anilines is 1.